The molecule has 0 saturated carbocycles. The van der Waals surface area contributed by atoms with E-state index in [-0.39, 0.29) is 5.92 Å². The fourth-order valence-corrected chi connectivity index (χ4v) is 2.24. The van der Waals surface area contributed by atoms with Crippen LogP contribution >= 0.6 is 0 Å². The summed E-state index contributed by atoms with van der Waals surface area (Å²) in [4.78, 5) is 0. The molecule has 1 saturated heterocycles. The van der Waals surface area contributed by atoms with Crippen molar-refractivity contribution in [3.05, 3.63) is 11.9 Å². The number of hydrogen-bond donors (Lipinski definition) is 1. The quantitative estimate of drug-likeness (QED) is 0.849. The summed E-state index contributed by atoms with van der Waals surface area (Å²) in [5, 5.41) is 11.0. The van der Waals surface area contributed by atoms with Crippen LogP contribution in [-0.2, 0) is 6.54 Å². The molecule has 1 aliphatic rings. The highest BCUT2D eigenvalue weighted by molar-refractivity contribution is 5.02. The number of nitrogens with zero attached hydrogens (tertiary/aromatic N) is 3. The van der Waals surface area contributed by atoms with E-state index in [1.807, 2.05) is 0 Å². The highest BCUT2D eigenvalue weighted by Gasteiger charge is 2.27. The summed E-state index contributed by atoms with van der Waals surface area (Å²) in [5.41, 5.74) is 0.647. The van der Waals surface area contributed by atoms with Crippen molar-refractivity contribution in [3.63, 3.8) is 0 Å². The third kappa shape index (κ3) is 2.40. The third-order valence-electron chi connectivity index (χ3n) is 3.16. The number of nitrogens with one attached hydrogen (secondary N) is 1. The lowest BCUT2D eigenvalue weighted by Crippen LogP contribution is -2.30. The summed E-state index contributed by atoms with van der Waals surface area (Å²) in [6, 6.07) is 0. The van der Waals surface area contributed by atoms with Gasteiger partial charge in [0.05, 0.1) is 11.9 Å². The largest absolute Gasteiger partial charge is 0.317 e. The number of rotatable bonds is 4. The van der Waals surface area contributed by atoms with Gasteiger partial charge < -0.3 is 5.32 Å². The first-order chi connectivity index (χ1) is 7.83. The number of aryl methyl sites for hydroxylation is 1. The van der Waals surface area contributed by atoms with Gasteiger partial charge in [-0.1, -0.05) is 12.1 Å². The Labute approximate surface area is 95.2 Å². The average Bonchev–Trinajstić information content (AvgIpc) is 2.78. The zero-order valence-electron chi connectivity index (χ0n) is 9.69. The van der Waals surface area contributed by atoms with Gasteiger partial charge in [-0.15, -0.1) is 5.10 Å². The molecule has 1 aromatic rings. The van der Waals surface area contributed by atoms with E-state index in [4.69, 9.17) is 0 Å². The Morgan fingerprint density at radius 2 is 2.31 bits per heavy atom. The van der Waals surface area contributed by atoms with Gasteiger partial charge >= 0.3 is 0 Å². The number of piperidine rings is 1. The summed E-state index contributed by atoms with van der Waals surface area (Å²) in [6.45, 7) is 4.64. The second kappa shape index (κ2) is 5.39. The Morgan fingerprint density at radius 1 is 1.56 bits per heavy atom. The van der Waals surface area contributed by atoms with Gasteiger partial charge in [0.25, 0.3) is 0 Å². The van der Waals surface area contributed by atoms with Crippen LogP contribution in [0.2, 0.25) is 0 Å². The van der Waals surface area contributed by atoms with Gasteiger partial charge in [-0.2, -0.15) is 0 Å². The SMILES string of the molecule is CCCn1nncc1C(F)C1CCNCC1. The molecule has 0 spiro atoms. The molecule has 1 aliphatic heterocycles. The van der Waals surface area contributed by atoms with Crippen molar-refractivity contribution < 1.29 is 4.39 Å². The van der Waals surface area contributed by atoms with Gasteiger partial charge in [0.2, 0.25) is 0 Å². The minimum atomic E-state index is -0.913. The molecule has 0 aliphatic carbocycles. The van der Waals surface area contributed by atoms with E-state index < -0.39 is 6.17 Å². The van der Waals surface area contributed by atoms with E-state index in [0.717, 1.165) is 38.9 Å². The number of hydrogen-bond acceptors (Lipinski definition) is 3. The minimum absolute atomic E-state index is 0.121. The summed E-state index contributed by atoms with van der Waals surface area (Å²) in [7, 11) is 0. The minimum Gasteiger partial charge on any atom is -0.317 e. The lowest BCUT2D eigenvalue weighted by molar-refractivity contribution is 0.179. The Hall–Kier alpha value is -0.970. The van der Waals surface area contributed by atoms with Crippen LogP contribution in [0, 0.1) is 5.92 Å². The Balaban J connectivity index is 2.06. The summed E-state index contributed by atoms with van der Waals surface area (Å²) in [5.74, 6) is 0.121. The number of aromatic nitrogens is 3. The van der Waals surface area contributed by atoms with Crippen LogP contribution in [0.25, 0.3) is 0 Å². The predicted molar refractivity (Wildman–Crippen MR) is 59.8 cm³/mol. The number of halogens is 1. The molecule has 0 radical (unpaired) electrons. The van der Waals surface area contributed by atoms with Crippen LogP contribution in [-0.4, -0.2) is 28.1 Å². The monoisotopic (exact) mass is 226 g/mol. The lowest BCUT2D eigenvalue weighted by atomic mass is 9.91. The van der Waals surface area contributed by atoms with E-state index >= 15 is 0 Å². The topological polar surface area (TPSA) is 42.7 Å². The van der Waals surface area contributed by atoms with Gasteiger partial charge in [-0.3, -0.25) is 0 Å². The molecule has 2 heterocycles. The van der Waals surface area contributed by atoms with Crippen LogP contribution in [0.3, 0.4) is 0 Å². The van der Waals surface area contributed by atoms with Crippen molar-refractivity contribution in [2.75, 3.05) is 13.1 Å². The van der Waals surface area contributed by atoms with Gasteiger partial charge in [-0.25, -0.2) is 9.07 Å². The molecule has 1 N–H and O–H groups in total. The molecule has 1 unspecified atom stereocenters. The maximum Gasteiger partial charge on any atom is 0.146 e. The molecule has 4 nitrogen and oxygen atoms in total. The zero-order valence-corrected chi connectivity index (χ0v) is 9.69. The van der Waals surface area contributed by atoms with Crippen molar-refractivity contribution in [2.24, 2.45) is 5.92 Å². The molecule has 0 aromatic carbocycles. The predicted octanol–water partition coefficient (Wildman–Crippen LogP) is 1.70. The highest BCUT2D eigenvalue weighted by Crippen LogP contribution is 2.31. The fraction of sp³-hybridized carbons (Fsp3) is 0.818. The molecule has 1 aromatic heterocycles. The second-order valence-corrected chi connectivity index (χ2v) is 4.37. The Bertz CT molecular complexity index is 320. The third-order valence-corrected chi connectivity index (χ3v) is 3.16. The highest BCUT2D eigenvalue weighted by atomic mass is 19.1. The molecule has 0 bridgehead atoms. The van der Waals surface area contributed by atoms with Crippen LogP contribution in [0.4, 0.5) is 4.39 Å². The smallest absolute Gasteiger partial charge is 0.146 e. The van der Waals surface area contributed by atoms with E-state index in [1.165, 1.54) is 0 Å². The Kier molecular flexibility index (Phi) is 3.88. The first-order valence-corrected chi connectivity index (χ1v) is 6.06. The molecular weight excluding hydrogens is 207 g/mol. The fourth-order valence-electron chi connectivity index (χ4n) is 2.24. The van der Waals surface area contributed by atoms with Crippen molar-refractivity contribution in [3.8, 4) is 0 Å². The van der Waals surface area contributed by atoms with E-state index in [0.29, 0.717) is 5.69 Å². The van der Waals surface area contributed by atoms with Crippen molar-refractivity contribution in [1.82, 2.24) is 20.3 Å². The van der Waals surface area contributed by atoms with Crippen molar-refractivity contribution >= 4 is 0 Å². The normalized spacial score (nSPS) is 19.9. The van der Waals surface area contributed by atoms with Crippen LogP contribution in [0.5, 0.6) is 0 Å². The van der Waals surface area contributed by atoms with Crippen LogP contribution < -0.4 is 5.32 Å². The average molecular weight is 226 g/mol. The van der Waals surface area contributed by atoms with Crippen molar-refractivity contribution in [1.29, 1.82) is 0 Å². The zero-order chi connectivity index (χ0) is 11.4. The second-order valence-electron chi connectivity index (χ2n) is 4.37. The number of alkyl halides is 1. The molecule has 16 heavy (non-hydrogen) atoms. The summed E-state index contributed by atoms with van der Waals surface area (Å²) in [6.07, 6.45) is 3.41. The van der Waals surface area contributed by atoms with E-state index in [9.17, 15) is 4.39 Å². The molecule has 1 fully saturated rings. The van der Waals surface area contributed by atoms with Crippen molar-refractivity contribution in [2.45, 2.75) is 38.9 Å². The molecule has 5 heteroatoms. The van der Waals surface area contributed by atoms with Gasteiger partial charge in [-0.05, 0) is 38.3 Å². The van der Waals surface area contributed by atoms with E-state index in [1.54, 1.807) is 10.9 Å². The Morgan fingerprint density at radius 3 is 3.00 bits per heavy atom. The molecule has 90 valence electrons. The molecule has 0 amide bonds. The van der Waals surface area contributed by atoms with Gasteiger partial charge in [0.1, 0.15) is 6.17 Å². The van der Waals surface area contributed by atoms with Crippen LogP contribution in [0.1, 0.15) is 38.1 Å². The first kappa shape index (κ1) is 11.5. The molecule has 2 rings (SSSR count). The standard InChI is InChI=1S/C11H19FN4/c1-2-7-16-10(8-14-15-16)11(12)9-3-5-13-6-4-9/h8-9,11,13H,2-7H2,1H3. The van der Waals surface area contributed by atoms with Gasteiger partial charge in [0, 0.05) is 6.54 Å². The summed E-state index contributed by atoms with van der Waals surface area (Å²) >= 11 is 0. The molecular formula is C11H19FN4. The lowest BCUT2D eigenvalue weighted by Gasteiger charge is -2.25. The van der Waals surface area contributed by atoms with E-state index in [2.05, 4.69) is 22.6 Å². The molecule has 1 atom stereocenters. The van der Waals surface area contributed by atoms with Crippen LogP contribution in [0.15, 0.2) is 6.20 Å². The maximum atomic E-state index is 14.3. The first-order valence-electron chi connectivity index (χ1n) is 6.06. The van der Waals surface area contributed by atoms with Gasteiger partial charge in [0.15, 0.2) is 0 Å². The summed E-state index contributed by atoms with van der Waals surface area (Å²) < 4.78 is 16.0. The maximum absolute atomic E-state index is 14.3.